The molecule has 0 aliphatic heterocycles. The summed E-state index contributed by atoms with van der Waals surface area (Å²) < 4.78 is 36.3. The lowest BCUT2D eigenvalue weighted by atomic mass is 9.82. The van der Waals surface area contributed by atoms with Gasteiger partial charge in [0.25, 0.3) is 0 Å². The summed E-state index contributed by atoms with van der Waals surface area (Å²) in [6.45, 7) is 4.62. The van der Waals surface area contributed by atoms with E-state index in [4.69, 9.17) is 8.92 Å². The van der Waals surface area contributed by atoms with Crippen molar-refractivity contribution in [1.82, 2.24) is 0 Å². The van der Waals surface area contributed by atoms with E-state index >= 15 is 0 Å². The summed E-state index contributed by atoms with van der Waals surface area (Å²) >= 11 is -2.66. The Morgan fingerprint density at radius 3 is 2.86 bits per heavy atom. The lowest BCUT2D eigenvalue weighted by molar-refractivity contribution is -0.170. The molecule has 0 amide bonds. The molecule has 2 aliphatic rings. The highest BCUT2D eigenvalue weighted by molar-refractivity contribution is 7.74. The number of esters is 2. The molecule has 2 saturated carbocycles. The zero-order chi connectivity index (χ0) is 15.6. The zero-order valence-corrected chi connectivity index (χ0v) is 12.4. The number of carbonyl (C=O) groups excluding carboxylic acids is 2. The summed E-state index contributed by atoms with van der Waals surface area (Å²) in [4.78, 5) is 22.6. The minimum atomic E-state index is -2.66. The topological polar surface area (TPSA) is 102 Å². The van der Waals surface area contributed by atoms with Crippen LogP contribution in [0.1, 0.15) is 26.2 Å². The largest absolute Gasteiger partial charge is 0.750 e. The van der Waals surface area contributed by atoms with Crippen molar-refractivity contribution in [3.05, 3.63) is 12.7 Å². The Hall–Kier alpha value is -1.25. The molecule has 0 N–H and O–H groups in total. The molecule has 0 heterocycles. The molecule has 2 bridgehead atoms. The van der Waals surface area contributed by atoms with Crippen LogP contribution in [0.4, 0.5) is 0 Å². The third-order valence-electron chi connectivity index (χ3n) is 4.21. The van der Waals surface area contributed by atoms with Gasteiger partial charge in [-0.3, -0.25) is 4.18 Å². The van der Waals surface area contributed by atoms with E-state index in [0.29, 0.717) is 0 Å². The van der Waals surface area contributed by atoms with Gasteiger partial charge in [-0.25, -0.2) is 13.8 Å². The highest BCUT2D eigenvalue weighted by Gasteiger charge is 2.58. The van der Waals surface area contributed by atoms with Gasteiger partial charge in [0.05, 0.1) is 11.4 Å². The fourth-order valence-electron chi connectivity index (χ4n) is 3.29. The van der Waals surface area contributed by atoms with Gasteiger partial charge in [-0.15, -0.1) is 0 Å². The van der Waals surface area contributed by atoms with Crippen molar-refractivity contribution < 1.29 is 32.0 Å². The summed E-state index contributed by atoms with van der Waals surface area (Å²) in [5, 5.41) is 0. The van der Waals surface area contributed by atoms with Crippen molar-refractivity contribution >= 4 is 23.3 Å². The molecule has 2 aliphatic carbocycles. The quantitative estimate of drug-likeness (QED) is 0.402. The maximum Gasteiger partial charge on any atom is 0.344 e. The van der Waals surface area contributed by atoms with Crippen molar-refractivity contribution in [3.8, 4) is 0 Å². The van der Waals surface area contributed by atoms with Crippen LogP contribution in [0.3, 0.4) is 0 Å². The van der Waals surface area contributed by atoms with E-state index in [-0.39, 0.29) is 11.3 Å². The fourth-order valence-corrected chi connectivity index (χ4v) is 3.73. The van der Waals surface area contributed by atoms with Crippen molar-refractivity contribution in [1.29, 1.82) is 0 Å². The molecule has 118 valence electrons. The minimum Gasteiger partial charge on any atom is -0.750 e. The molecular weight excluding hydrogens is 300 g/mol. The lowest BCUT2D eigenvalue weighted by Crippen LogP contribution is -2.44. The van der Waals surface area contributed by atoms with E-state index in [0.717, 1.165) is 25.3 Å². The molecule has 8 heteroatoms. The second kappa shape index (κ2) is 6.25. The van der Waals surface area contributed by atoms with Crippen LogP contribution in [0.15, 0.2) is 12.7 Å². The van der Waals surface area contributed by atoms with Gasteiger partial charge in [-0.2, -0.15) is 0 Å². The van der Waals surface area contributed by atoms with E-state index in [1.807, 2.05) is 6.92 Å². The molecule has 0 aromatic rings. The van der Waals surface area contributed by atoms with E-state index in [2.05, 4.69) is 11.3 Å². The predicted molar refractivity (Wildman–Crippen MR) is 70.3 cm³/mol. The van der Waals surface area contributed by atoms with Crippen molar-refractivity contribution in [2.45, 2.75) is 38.4 Å². The average Bonchev–Trinajstić information content (AvgIpc) is 2.92. The molecule has 21 heavy (non-hydrogen) atoms. The summed E-state index contributed by atoms with van der Waals surface area (Å²) in [6.07, 6.45) is 2.06. The number of ether oxygens (including phenoxy) is 2. The molecule has 5 atom stereocenters. The number of carbonyl (C=O) groups is 2. The van der Waals surface area contributed by atoms with Crippen LogP contribution in [-0.2, 0) is 34.6 Å². The molecular formula is C13H17O7S-. The van der Waals surface area contributed by atoms with Crippen molar-refractivity contribution in [2.24, 2.45) is 11.3 Å². The number of hydrogen-bond donors (Lipinski definition) is 0. The van der Waals surface area contributed by atoms with Gasteiger partial charge in [-0.1, -0.05) is 13.5 Å². The maximum absolute atomic E-state index is 11.7. The number of fused-ring (bicyclic) bond motifs is 2. The monoisotopic (exact) mass is 317 g/mol. The van der Waals surface area contributed by atoms with Crippen LogP contribution in [0.2, 0.25) is 0 Å². The van der Waals surface area contributed by atoms with Gasteiger partial charge < -0.3 is 14.0 Å². The molecule has 0 radical (unpaired) electrons. The molecule has 5 unspecified atom stereocenters. The fraction of sp³-hybridized carbons (Fsp3) is 0.692. The van der Waals surface area contributed by atoms with E-state index < -0.39 is 42.1 Å². The maximum atomic E-state index is 11.7. The third kappa shape index (κ3) is 3.50. The Morgan fingerprint density at radius 2 is 2.24 bits per heavy atom. The summed E-state index contributed by atoms with van der Waals surface area (Å²) in [6, 6.07) is 0. The van der Waals surface area contributed by atoms with Gasteiger partial charge in [-0.05, 0) is 25.2 Å². The van der Waals surface area contributed by atoms with Crippen LogP contribution < -0.4 is 0 Å². The average molecular weight is 317 g/mol. The summed E-state index contributed by atoms with van der Waals surface area (Å²) in [5.74, 6) is -1.39. The highest BCUT2D eigenvalue weighted by Crippen LogP contribution is 2.56. The molecule has 0 aromatic carbocycles. The minimum absolute atomic E-state index is 0.0569. The molecule has 2 fully saturated rings. The third-order valence-corrected chi connectivity index (χ3v) is 4.59. The Morgan fingerprint density at radius 1 is 1.52 bits per heavy atom. The van der Waals surface area contributed by atoms with Crippen LogP contribution in [-0.4, -0.2) is 39.5 Å². The Labute approximate surface area is 125 Å². The molecule has 0 aromatic heterocycles. The Bertz CT molecular complexity index is 477. The van der Waals surface area contributed by atoms with Gasteiger partial charge in [0, 0.05) is 11.5 Å². The van der Waals surface area contributed by atoms with Gasteiger partial charge in [0.1, 0.15) is 12.2 Å². The van der Waals surface area contributed by atoms with Crippen molar-refractivity contribution in [3.63, 3.8) is 0 Å². The van der Waals surface area contributed by atoms with Gasteiger partial charge >= 0.3 is 11.9 Å². The first-order valence-electron chi connectivity index (χ1n) is 6.61. The number of rotatable bonds is 6. The molecule has 0 saturated heterocycles. The normalized spacial score (nSPS) is 35.2. The highest BCUT2D eigenvalue weighted by atomic mass is 32.2. The lowest BCUT2D eigenvalue weighted by Gasteiger charge is -2.35. The van der Waals surface area contributed by atoms with Crippen LogP contribution in [0.25, 0.3) is 0 Å². The standard InChI is InChI=1S/C13H18O7S/c1-3-9(14)18-7-10(15)19-12-11(20-21(16)17)8-4-5-13(12,2)6-8/h3,8,11-12H,1,4-7H2,2H3,(H,16,17)/p-1. The van der Waals surface area contributed by atoms with Crippen LogP contribution in [0.5, 0.6) is 0 Å². The first-order chi connectivity index (χ1) is 9.85. The second-order valence-electron chi connectivity index (χ2n) is 5.64. The van der Waals surface area contributed by atoms with E-state index in [1.165, 1.54) is 0 Å². The van der Waals surface area contributed by atoms with E-state index in [1.54, 1.807) is 0 Å². The first kappa shape index (κ1) is 16.1. The van der Waals surface area contributed by atoms with Crippen LogP contribution >= 0.6 is 0 Å². The summed E-state index contributed by atoms with van der Waals surface area (Å²) in [7, 11) is 0. The molecule has 0 spiro atoms. The van der Waals surface area contributed by atoms with E-state index in [9.17, 15) is 18.4 Å². The van der Waals surface area contributed by atoms with Gasteiger partial charge in [0.15, 0.2) is 6.61 Å². The molecule has 7 nitrogen and oxygen atoms in total. The first-order valence-corrected chi connectivity index (χ1v) is 7.61. The van der Waals surface area contributed by atoms with Crippen LogP contribution in [0, 0.1) is 11.3 Å². The second-order valence-corrected chi connectivity index (χ2v) is 6.24. The summed E-state index contributed by atoms with van der Waals surface area (Å²) in [5.41, 5.74) is -0.299. The van der Waals surface area contributed by atoms with Crippen molar-refractivity contribution in [2.75, 3.05) is 6.61 Å². The SMILES string of the molecule is C=CC(=O)OCC(=O)OC1C(OS(=O)[O-])C2CCC1(C)C2. The molecule has 2 rings (SSSR count). The smallest absolute Gasteiger partial charge is 0.344 e. The Kier molecular flexibility index (Phi) is 4.80. The van der Waals surface area contributed by atoms with Gasteiger partial charge in [0.2, 0.25) is 0 Å². The Balaban J connectivity index is 1.98. The number of hydrogen-bond acceptors (Lipinski definition) is 7. The zero-order valence-electron chi connectivity index (χ0n) is 11.6. The predicted octanol–water partition coefficient (Wildman–Crippen LogP) is 0.627.